The van der Waals surface area contributed by atoms with Crippen LogP contribution in [0.15, 0.2) is 42.5 Å². The number of anilines is 1. The maximum absolute atomic E-state index is 6.06. The van der Waals surface area contributed by atoms with Gasteiger partial charge in [-0.05, 0) is 59.7 Å². The van der Waals surface area contributed by atoms with E-state index >= 15 is 0 Å². The highest BCUT2D eigenvalue weighted by Crippen LogP contribution is 2.40. The molecule has 29 heavy (non-hydrogen) atoms. The highest BCUT2D eigenvalue weighted by molar-refractivity contribution is 6.30. The summed E-state index contributed by atoms with van der Waals surface area (Å²) in [5, 5.41) is 17.2. The normalized spacial score (nSPS) is 15.7. The van der Waals surface area contributed by atoms with Gasteiger partial charge in [-0.1, -0.05) is 30.9 Å². The van der Waals surface area contributed by atoms with Crippen molar-refractivity contribution in [3.05, 3.63) is 53.3 Å². The van der Waals surface area contributed by atoms with Crippen molar-refractivity contribution in [2.45, 2.75) is 37.6 Å². The van der Waals surface area contributed by atoms with E-state index in [1.165, 1.54) is 6.42 Å². The summed E-state index contributed by atoms with van der Waals surface area (Å²) in [7, 11) is 3.24. The molecule has 8 heteroatoms. The van der Waals surface area contributed by atoms with Gasteiger partial charge in [0.2, 0.25) is 0 Å². The molecule has 4 rings (SSSR count). The highest BCUT2D eigenvalue weighted by Gasteiger charge is 2.39. The Morgan fingerprint density at radius 3 is 2.38 bits per heavy atom. The summed E-state index contributed by atoms with van der Waals surface area (Å²) in [5.41, 5.74) is 1.46. The molecule has 0 bridgehead atoms. The van der Waals surface area contributed by atoms with Crippen molar-refractivity contribution in [2.24, 2.45) is 0 Å². The molecular weight excluding hydrogens is 390 g/mol. The maximum atomic E-state index is 6.06. The topological polar surface area (TPSA) is 74.1 Å². The number of ether oxygens (including phenoxy) is 2. The van der Waals surface area contributed by atoms with Crippen molar-refractivity contribution in [3.63, 3.8) is 0 Å². The fourth-order valence-corrected chi connectivity index (χ4v) is 4.11. The molecule has 1 N–H and O–H groups in total. The molecule has 0 radical (unpaired) electrons. The summed E-state index contributed by atoms with van der Waals surface area (Å²) in [6.07, 6.45) is 5.33. The van der Waals surface area contributed by atoms with Crippen molar-refractivity contribution in [2.75, 3.05) is 19.5 Å². The van der Waals surface area contributed by atoms with Gasteiger partial charge in [0.05, 0.1) is 25.4 Å². The van der Waals surface area contributed by atoms with Crippen molar-refractivity contribution in [3.8, 4) is 17.2 Å². The van der Waals surface area contributed by atoms with Crippen LogP contribution in [0.5, 0.6) is 11.5 Å². The second-order valence-electron chi connectivity index (χ2n) is 7.23. The predicted octanol–water partition coefficient (Wildman–Crippen LogP) is 4.60. The van der Waals surface area contributed by atoms with Crippen LogP contribution in [0.1, 0.15) is 37.9 Å². The standard InChI is InChI=1S/C21H24ClN5O2/c1-28-18-11-10-17(14-19(18)29-2)27-20(24-25-26-27)21(12-4-3-5-13-21)23-16-8-6-15(22)7-9-16/h6-11,14,23H,3-5,12-13H2,1-2H3. The van der Waals surface area contributed by atoms with E-state index in [2.05, 4.69) is 20.8 Å². The molecule has 1 aliphatic carbocycles. The molecule has 1 aliphatic rings. The van der Waals surface area contributed by atoms with Crippen LogP contribution < -0.4 is 14.8 Å². The number of hydrogen-bond acceptors (Lipinski definition) is 6. The minimum atomic E-state index is -0.358. The average Bonchev–Trinajstić information content (AvgIpc) is 3.26. The van der Waals surface area contributed by atoms with Crippen molar-refractivity contribution >= 4 is 17.3 Å². The van der Waals surface area contributed by atoms with Gasteiger partial charge in [0.1, 0.15) is 0 Å². The third-order valence-electron chi connectivity index (χ3n) is 5.44. The van der Waals surface area contributed by atoms with Gasteiger partial charge in [-0.15, -0.1) is 5.10 Å². The van der Waals surface area contributed by atoms with Gasteiger partial charge in [0, 0.05) is 16.8 Å². The largest absolute Gasteiger partial charge is 0.493 e. The molecule has 3 aromatic rings. The Morgan fingerprint density at radius 2 is 1.69 bits per heavy atom. The lowest BCUT2D eigenvalue weighted by atomic mass is 9.80. The van der Waals surface area contributed by atoms with E-state index in [-0.39, 0.29) is 5.54 Å². The molecule has 1 fully saturated rings. The first-order valence-electron chi connectivity index (χ1n) is 9.70. The Kier molecular flexibility index (Phi) is 5.58. The summed E-state index contributed by atoms with van der Waals surface area (Å²) in [6.45, 7) is 0. The summed E-state index contributed by atoms with van der Waals surface area (Å²) < 4.78 is 12.6. The van der Waals surface area contributed by atoms with E-state index in [4.69, 9.17) is 21.1 Å². The van der Waals surface area contributed by atoms with Crippen molar-refractivity contribution in [1.82, 2.24) is 20.2 Å². The number of hydrogen-bond donors (Lipinski definition) is 1. The monoisotopic (exact) mass is 413 g/mol. The zero-order valence-electron chi connectivity index (χ0n) is 16.6. The summed E-state index contributed by atoms with van der Waals surface area (Å²) >= 11 is 6.06. The first kappa shape index (κ1) is 19.5. The smallest absolute Gasteiger partial charge is 0.181 e. The lowest BCUT2D eigenvalue weighted by molar-refractivity contribution is 0.309. The number of rotatable bonds is 6. The first-order valence-corrected chi connectivity index (χ1v) is 10.1. The molecule has 1 aromatic heterocycles. The minimum Gasteiger partial charge on any atom is -0.493 e. The number of nitrogens with one attached hydrogen (secondary N) is 1. The zero-order chi connectivity index (χ0) is 20.3. The van der Waals surface area contributed by atoms with E-state index in [9.17, 15) is 0 Å². The first-order chi connectivity index (χ1) is 14.1. The number of halogens is 1. The molecule has 0 amide bonds. The zero-order valence-corrected chi connectivity index (χ0v) is 17.3. The molecular formula is C21H24ClN5O2. The Labute approximate surface area is 175 Å². The molecule has 1 saturated carbocycles. The maximum Gasteiger partial charge on any atom is 0.181 e. The van der Waals surface area contributed by atoms with Crippen molar-refractivity contribution in [1.29, 1.82) is 0 Å². The highest BCUT2D eigenvalue weighted by atomic mass is 35.5. The third-order valence-corrected chi connectivity index (χ3v) is 5.70. The number of tetrazole rings is 1. The summed E-state index contributed by atoms with van der Waals surface area (Å²) in [5.74, 6) is 2.09. The molecule has 0 spiro atoms. The Morgan fingerprint density at radius 1 is 0.966 bits per heavy atom. The van der Waals surface area contributed by atoms with Crippen LogP contribution in [0.2, 0.25) is 5.02 Å². The second kappa shape index (κ2) is 8.29. The Balaban J connectivity index is 1.75. The minimum absolute atomic E-state index is 0.358. The number of benzene rings is 2. The van der Waals surface area contributed by atoms with E-state index in [1.807, 2.05) is 42.5 Å². The number of aromatic nitrogens is 4. The molecule has 0 atom stereocenters. The molecule has 0 saturated heterocycles. The molecule has 1 heterocycles. The number of nitrogens with zero attached hydrogens (tertiary/aromatic N) is 4. The summed E-state index contributed by atoms with van der Waals surface area (Å²) in [4.78, 5) is 0. The second-order valence-corrected chi connectivity index (χ2v) is 7.66. The third kappa shape index (κ3) is 3.87. The molecule has 0 unspecified atom stereocenters. The fraction of sp³-hybridized carbons (Fsp3) is 0.381. The van der Waals surface area contributed by atoms with Crippen LogP contribution in [-0.4, -0.2) is 34.4 Å². The van der Waals surface area contributed by atoms with Gasteiger partial charge in [0.25, 0.3) is 0 Å². The van der Waals surface area contributed by atoms with E-state index < -0.39 is 0 Å². The van der Waals surface area contributed by atoms with Gasteiger partial charge in [-0.2, -0.15) is 4.68 Å². The van der Waals surface area contributed by atoms with Gasteiger partial charge in [0.15, 0.2) is 17.3 Å². The average molecular weight is 414 g/mol. The van der Waals surface area contributed by atoms with Crippen LogP contribution in [0.4, 0.5) is 5.69 Å². The van der Waals surface area contributed by atoms with Gasteiger partial charge in [-0.3, -0.25) is 0 Å². The molecule has 0 aliphatic heterocycles. The summed E-state index contributed by atoms with van der Waals surface area (Å²) in [6, 6.07) is 13.4. The Bertz CT molecular complexity index is 967. The SMILES string of the molecule is COc1ccc(-n2nnnc2C2(Nc3ccc(Cl)cc3)CCCCC2)cc1OC. The Hall–Kier alpha value is -2.80. The van der Waals surface area contributed by atoms with E-state index in [0.29, 0.717) is 16.5 Å². The van der Waals surface area contributed by atoms with Crippen LogP contribution >= 0.6 is 11.6 Å². The van der Waals surface area contributed by atoms with Gasteiger partial charge >= 0.3 is 0 Å². The lowest BCUT2D eigenvalue weighted by Gasteiger charge is -2.37. The fourth-order valence-electron chi connectivity index (χ4n) is 3.99. The quantitative estimate of drug-likeness (QED) is 0.636. The van der Waals surface area contributed by atoms with E-state index in [1.54, 1.807) is 18.9 Å². The molecule has 152 valence electrons. The van der Waals surface area contributed by atoms with E-state index in [0.717, 1.165) is 42.9 Å². The lowest BCUT2D eigenvalue weighted by Crippen LogP contribution is -2.40. The van der Waals surface area contributed by atoms with Crippen LogP contribution in [0, 0.1) is 0 Å². The van der Waals surface area contributed by atoms with Crippen LogP contribution in [-0.2, 0) is 5.54 Å². The van der Waals surface area contributed by atoms with Crippen LogP contribution in [0.25, 0.3) is 5.69 Å². The van der Waals surface area contributed by atoms with Gasteiger partial charge < -0.3 is 14.8 Å². The van der Waals surface area contributed by atoms with Crippen LogP contribution in [0.3, 0.4) is 0 Å². The molecule has 7 nitrogen and oxygen atoms in total. The van der Waals surface area contributed by atoms with Gasteiger partial charge in [-0.25, -0.2) is 0 Å². The molecule has 2 aromatic carbocycles. The number of methoxy groups -OCH3 is 2. The van der Waals surface area contributed by atoms with Crippen molar-refractivity contribution < 1.29 is 9.47 Å². The predicted molar refractivity (Wildman–Crippen MR) is 112 cm³/mol.